The van der Waals surface area contributed by atoms with Gasteiger partial charge in [-0.1, -0.05) is 0 Å². The Labute approximate surface area is 80.7 Å². The number of rotatable bonds is 1. The van der Waals surface area contributed by atoms with Crippen LogP contribution in [0.1, 0.15) is 10.4 Å². The van der Waals surface area contributed by atoms with Crippen LogP contribution in [0.4, 0.5) is 0 Å². The van der Waals surface area contributed by atoms with Crippen LogP contribution in [0.25, 0.3) is 0 Å². The summed E-state index contributed by atoms with van der Waals surface area (Å²) in [6, 6.07) is 0. The van der Waals surface area contributed by atoms with E-state index < -0.39 is 0 Å². The molecule has 1 saturated heterocycles. The molecule has 1 aliphatic rings. The molecule has 0 aromatic carbocycles. The number of nitrogens with one attached hydrogen (secondary N) is 1. The van der Waals surface area contributed by atoms with Gasteiger partial charge >= 0.3 is 0 Å². The molecule has 5 heteroatoms. The van der Waals surface area contributed by atoms with E-state index in [0.29, 0.717) is 5.56 Å². The number of carbonyl (C=O) groups excluding carboxylic acids is 1. The highest BCUT2D eigenvalue weighted by Crippen LogP contribution is 2.11. The predicted molar refractivity (Wildman–Crippen MR) is 51.8 cm³/mol. The van der Waals surface area contributed by atoms with Crippen molar-refractivity contribution >= 4 is 17.7 Å². The molecule has 1 fully saturated rings. The Morgan fingerprint density at radius 2 is 2.31 bits per heavy atom. The molecule has 0 aliphatic carbocycles. The zero-order chi connectivity index (χ0) is 9.10. The van der Waals surface area contributed by atoms with Gasteiger partial charge in [-0.05, 0) is 0 Å². The summed E-state index contributed by atoms with van der Waals surface area (Å²) in [4.78, 5) is 13.6. The number of aromatic nitrogens is 2. The van der Waals surface area contributed by atoms with Crippen LogP contribution in [-0.2, 0) is 0 Å². The Morgan fingerprint density at radius 3 is 2.92 bits per heavy atom. The molecular formula is C8H11N3OS. The van der Waals surface area contributed by atoms with Gasteiger partial charge in [0.2, 0.25) is 0 Å². The van der Waals surface area contributed by atoms with Gasteiger partial charge in [0.25, 0.3) is 5.91 Å². The molecule has 1 aromatic rings. The third kappa shape index (κ3) is 1.85. The second kappa shape index (κ2) is 3.83. The molecule has 1 aromatic heterocycles. The fourth-order valence-electron chi connectivity index (χ4n) is 1.32. The molecule has 2 heterocycles. The zero-order valence-corrected chi connectivity index (χ0v) is 8.01. The quantitative estimate of drug-likeness (QED) is 0.717. The average Bonchev–Trinajstić information content (AvgIpc) is 2.71. The highest BCUT2D eigenvalue weighted by Gasteiger charge is 2.18. The van der Waals surface area contributed by atoms with Crippen LogP contribution >= 0.6 is 11.8 Å². The average molecular weight is 197 g/mol. The van der Waals surface area contributed by atoms with Gasteiger partial charge in [0.1, 0.15) is 0 Å². The van der Waals surface area contributed by atoms with Crippen molar-refractivity contribution in [1.29, 1.82) is 0 Å². The Hall–Kier alpha value is -0.970. The number of nitrogens with zero attached hydrogens (tertiary/aromatic N) is 2. The van der Waals surface area contributed by atoms with E-state index in [1.54, 1.807) is 12.4 Å². The second-order valence-corrected chi connectivity index (χ2v) is 4.12. The van der Waals surface area contributed by atoms with E-state index in [9.17, 15) is 4.79 Å². The van der Waals surface area contributed by atoms with E-state index in [0.717, 1.165) is 24.6 Å². The van der Waals surface area contributed by atoms with E-state index >= 15 is 0 Å². The van der Waals surface area contributed by atoms with E-state index in [2.05, 4.69) is 10.2 Å². The molecule has 0 spiro atoms. The Bertz CT molecular complexity index is 280. The summed E-state index contributed by atoms with van der Waals surface area (Å²) in [5.41, 5.74) is 0.659. The molecule has 0 atom stereocenters. The topological polar surface area (TPSA) is 49.0 Å². The van der Waals surface area contributed by atoms with Crippen LogP contribution in [0.2, 0.25) is 0 Å². The maximum absolute atomic E-state index is 11.7. The van der Waals surface area contributed by atoms with E-state index in [-0.39, 0.29) is 5.91 Å². The van der Waals surface area contributed by atoms with Crippen LogP contribution in [0.15, 0.2) is 12.4 Å². The standard InChI is InChI=1S/C8H11N3OS/c12-8(7-5-9-10-6-7)11-1-3-13-4-2-11/h5-6H,1-4H2,(H,9,10). The number of amides is 1. The van der Waals surface area contributed by atoms with Crippen molar-refractivity contribution in [3.05, 3.63) is 18.0 Å². The first kappa shape index (κ1) is 8.62. The third-order valence-electron chi connectivity index (χ3n) is 2.04. The van der Waals surface area contributed by atoms with E-state index in [1.807, 2.05) is 16.7 Å². The Balaban J connectivity index is 2.04. The molecule has 1 aliphatic heterocycles. The van der Waals surface area contributed by atoms with E-state index in [4.69, 9.17) is 0 Å². The van der Waals surface area contributed by atoms with Gasteiger partial charge in [-0.15, -0.1) is 0 Å². The monoisotopic (exact) mass is 197 g/mol. The lowest BCUT2D eigenvalue weighted by Crippen LogP contribution is -2.37. The molecule has 1 amide bonds. The number of thioether (sulfide) groups is 1. The first-order chi connectivity index (χ1) is 6.38. The third-order valence-corrected chi connectivity index (χ3v) is 2.99. The molecule has 0 bridgehead atoms. The lowest BCUT2D eigenvalue weighted by molar-refractivity contribution is 0.0772. The fraction of sp³-hybridized carbons (Fsp3) is 0.500. The summed E-state index contributed by atoms with van der Waals surface area (Å²) in [5, 5.41) is 6.41. The first-order valence-electron chi connectivity index (χ1n) is 4.24. The van der Waals surface area contributed by atoms with Crippen LogP contribution < -0.4 is 0 Å². The van der Waals surface area contributed by atoms with Gasteiger partial charge < -0.3 is 4.90 Å². The van der Waals surface area contributed by atoms with Crippen LogP contribution in [-0.4, -0.2) is 45.6 Å². The molecule has 13 heavy (non-hydrogen) atoms. The minimum absolute atomic E-state index is 0.0917. The highest BCUT2D eigenvalue weighted by atomic mass is 32.2. The zero-order valence-electron chi connectivity index (χ0n) is 7.19. The molecule has 70 valence electrons. The molecule has 0 radical (unpaired) electrons. The van der Waals surface area contributed by atoms with Crippen LogP contribution in [0.3, 0.4) is 0 Å². The normalized spacial score (nSPS) is 17.4. The maximum Gasteiger partial charge on any atom is 0.257 e. The number of hydrogen-bond donors (Lipinski definition) is 1. The van der Waals surface area contributed by atoms with Crippen molar-refractivity contribution < 1.29 is 4.79 Å². The van der Waals surface area contributed by atoms with Crippen LogP contribution in [0, 0.1) is 0 Å². The molecule has 1 N–H and O–H groups in total. The fourth-order valence-corrected chi connectivity index (χ4v) is 2.22. The van der Waals surface area contributed by atoms with E-state index in [1.165, 1.54) is 0 Å². The van der Waals surface area contributed by atoms with Crippen molar-refractivity contribution in [1.82, 2.24) is 15.1 Å². The highest BCUT2D eigenvalue weighted by molar-refractivity contribution is 7.99. The summed E-state index contributed by atoms with van der Waals surface area (Å²) in [7, 11) is 0. The predicted octanol–water partition coefficient (Wildman–Crippen LogP) is 0.599. The molecule has 2 rings (SSSR count). The SMILES string of the molecule is O=C(c1cn[nH]c1)N1CCSCC1. The molecule has 0 unspecified atom stereocenters. The molecular weight excluding hydrogens is 186 g/mol. The number of H-pyrrole nitrogens is 1. The van der Waals surface area contributed by atoms with Gasteiger partial charge in [-0.2, -0.15) is 16.9 Å². The minimum Gasteiger partial charge on any atom is -0.337 e. The molecule has 4 nitrogen and oxygen atoms in total. The van der Waals surface area contributed by atoms with Crippen molar-refractivity contribution in [3.63, 3.8) is 0 Å². The summed E-state index contributed by atoms with van der Waals surface area (Å²) in [6.45, 7) is 1.71. The van der Waals surface area contributed by atoms with Crippen molar-refractivity contribution in [2.24, 2.45) is 0 Å². The largest absolute Gasteiger partial charge is 0.337 e. The maximum atomic E-state index is 11.7. The number of hydrogen-bond acceptors (Lipinski definition) is 3. The molecule has 0 saturated carbocycles. The first-order valence-corrected chi connectivity index (χ1v) is 5.39. The Kier molecular flexibility index (Phi) is 2.54. The van der Waals surface area contributed by atoms with Gasteiger partial charge in [-0.3, -0.25) is 9.89 Å². The Morgan fingerprint density at radius 1 is 1.54 bits per heavy atom. The summed E-state index contributed by atoms with van der Waals surface area (Å²) < 4.78 is 0. The van der Waals surface area contributed by atoms with Crippen LogP contribution in [0.5, 0.6) is 0 Å². The summed E-state index contributed by atoms with van der Waals surface area (Å²) >= 11 is 1.90. The van der Waals surface area contributed by atoms with Gasteiger partial charge in [0, 0.05) is 30.8 Å². The van der Waals surface area contributed by atoms with Gasteiger partial charge in [-0.25, -0.2) is 0 Å². The van der Waals surface area contributed by atoms with Gasteiger partial charge in [0.05, 0.1) is 11.8 Å². The van der Waals surface area contributed by atoms with Crippen molar-refractivity contribution in [2.75, 3.05) is 24.6 Å². The minimum atomic E-state index is 0.0917. The number of aromatic amines is 1. The lowest BCUT2D eigenvalue weighted by Gasteiger charge is -2.25. The summed E-state index contributed by atoms with van der Waals surface area (Å²) in [5.74, 6) is 2.18. The summed E-state index contributed by atoms with van der Waals surface area (Å²) in [6.07, 6.45) is 3.22. The second-order valence-electron chi connectivity index (χ2n) is 2.89. The van der Waals surface area contributed by atoms with Crippen molar-refractivity contribution in [3.8, 4) is 0 Å². The lowest BCUT2D eigenvalue weighted by atomic mass is 10.3. The van der Waals surface area contributed by atoms with Crippen molar-refractivity contribution in [2.45, 2.75) is 0 Å². The number of carbonyl (C=O) groups is 1. The smallest absolute Gasteiger partial charge is 0.257 e. The van der Waals surface area contributed by atoms with Gasteiger partial charge in [0.15, 0.2) is 0 Å².